The van der Waals surface area contributed by atoms with Crippen molar-refractivity contribution in [2.75, 3.05) is 20.3 Å². The van der Waals surface area contributed by atoms with Gasteiger partial charge in [0, 0.05) is 18.7 Å². The van der Waals surface area contributed by atoms with Gasteiger partial charge < -0.3 is 19.9 Å². The lowest BCUT2D eigenvalue weighted by Crippen LogP contribution is -2.34. The Bertz CT molecular complexity index is 372. The third kappa shape index (κ3) is 4.55. The molecule has 1 rings (SSSR count). The quantitative estimate of drug-likeness (QED) is 0.780. The van der Waals surface area contributed by atoms with E-state index in [-0.39, 0.29) is 0 Å². The monoisotopic (exact) mass is 253 g/mol. The molecule has 0 saturated heterocycles. The SMILES string of the molecule is CCOc1cccc(CNCC(C)(C)O)c1OC. The molecule has 0 spiro atoms. The van der Waals surface area contributed by atoms with Gasteiger partial charge >= 0.3 is 0 Å². The van der Waals surface area contributed by atoms with Crippen LogP contribution >= 0.6 is 0 Å². The van der Waals surface area contributed by atoms with Crippen LogP contribution in [0.2, 0.25) is 0 Å². The zero-order chi connectivity index (χ0) is 13.6. The minimum absolute atomic E-state index is 0.523. The Morgan fingerprint density at radius 3 is 2.61 bits per heavy atom. The lowest BCUT2D eigenvalue weighted by molar-refractivity contribution is 0.0794. The largest absolute Gasteiger partial charge is 0.493 e. The topological polar surface area (TPSA) is 50.7 Å². The Kier molecular flexibility index (Phi) is 5.44. The second-order valence-corrected chi connectivity index (χ2v) is 4.80. The molecule has 0 fully saturated rings. The van der Waals surface area contributed by atoms with Crippen molar-refractivity contribution in [2.24, 2.45) is 0 Å². The lowest BCUT2D eigenvalue weighted by atomic mass is 10.1. The number of methoxy groups -OCH3 is 1. The number of para-hydroxylation sites is 1. The van der Waals surface area contributed by atoms with Crippen LogP contribution in [0.25, 0.3) is 0 Å². The number of benzene rings is 1. The van der Waals surface area contributed by atoms with E-state index in [1.807, 2.05) is 25.1 Å². The van der Waals surface area contributed by atoms with Gasteiger partial charge in [-0.25, -0.2) is 0 Å². The Labute approximate surface area is 109 Å². The summed E-state index contributed by atoms with van der Waals surface area (Å²) in [6.07, 6.45) is 0. The molecule has 1 aromatic carbocycles. The minimum atomic E-state index is -0.717. The van der Waals surface area contributed by atoms with E-state index in [0.29, 0.717) is 19.7 Å². The van der Waals surface area contributed by atoms with Gasteiger partial charge in [0.05, 0.1) is 19.3 Å². The second-order valence-electron chi connectivity index (χ2n) is 4.80. The molecule has 0 bridgehead atoms. The number of ether oxygens (including phenoxy) is 2. The number of hydrogen-bond acceptors (Lipinski definition) is 4. The molecular weight excluding hydrogens is 230 g/mol. The molecule has 0 atom stereocenters. The van der Waals surface area contributed by atoms with Crippen LogP contribution in [-0.2, 0) is 6.54 Å². The summed E-state index contributed by atoms with van der Waals surface area (Å²) in [6.45, 7) is 7.25. The fourth-order valence-corrected chi connectivity index (χ4v) is 1.70. The normalized spacial score (nSPS) is 11.4. The zero-order valence-electron chi connectivity index (χ0n) is 11.6. The molecule has 102 valence electrons. The molecule has 4 nitrogen and oxygen atoms in total. The maximum Gasteiger partial charge on any atom is 0.165 e. The highest BCUT2D eigenvalue weighted by molar-refractivity contribution is 5.46. The van der Waals surface area contributed by atoms with Gasteiger partial charge in [0.2, 0.25) is 0 Å². The summed E-state index contributed by atoms with van der Waals surface area (Å²) in [5, 5.41) is 12.8. The first-order valence-electron chi connectivity index (χ1n) is 6.19. The molecule has 18 heavy (non-hydrogen) atoms. The fraction of sp³-hybridized carbons (Fsp3) is 0.571. The highest BCUT2D eigenvalue weighted by atomic mass is 16.5. The molecule has 2 N–H and O–H groups in total. The van der Waals surface area contributed by atoms with E-state index < -0.39 is 5.60 Å². The van der Waals surface area contributed by atoms with Crippen LogP contribution < -0.4 is 14.8 Å². The Morgan fingerprint density at radius 2 is 2.06 bits per heavy atom. The van der Waals surface area contributed by atoms with Crippen LogP contribution in [0, 0.1) is 0 Å². The molecule has 0 unspecified atom stereocenters. The van der Waals surface area contributed by atoms with Crippen molar-refractivity contribution in [3.8, 4) is 11.5 Å². The third-order valence-corrected chi connectivity index (χ3v) is 2.44. The summed E-state index contributed by atoms with van der Waals surface area (Å²) < 4.78 is 10.9. The molecule has 0 amide bonds. The summed E-state index contributed by atoms with van der Waals surface area (Å²) in [6, 6.07) is 5.81. The van der Waals surface area contributed by atoms with E-state index in [4.69, 9.17) is 9.47 Å². The molecule has 4 heteroatoms. The van der Waals surface area contributed by atoms with Crippen LogP contribution in [0.3, 0.4) is 0 Å². The van der Waals surface area contributed by atoms with Crippen molar-refractivity contribution >= 4 is 0 Å². The fourth-order valence-electron chi connectivity index (χ4n) is 1.70. The van der Waals surface area contributed by atoms with Crippen molar-refractivity contribution in [1.82, 2.24) is 5.32 Å². The number of nitrogens with one attached hydrogen (secondary N) is 1. The highest BCUT2D eigenvalue weighted by Crippen LogP contribution is 2.30. The van der Waals surface area contributed by atoms with Gasteiger partial charge in [-0.15, -0.1) is 0 Å². The summed E-state index contributed by atoms with van der Waals surface area (Å²) in [5.41, 5.74) is 0.304. The molecular formula is C14H23NO3. The predicted octanol–water partition coefficient (Wildman–Crippen LogP) is 1.95. The molecule has 0 radical (unpaired) electrons. The van der Waals surface area contributed by atoms with Crippen LogP contribution in [0.5, 0.6) is 11.5 Å². The number of hydrogen-bond donors (Lipinski definition) is 2. The van der Waals surface area contributed by atoms with Gasteiger partial charge in [-0.1, -0.05) is 12.1 Å². The van der Waals surface area contributed by atoms with E-state index in [0.717, 1.165) is 17.1 Å². The van der Waals surface area contributed by atoms with Gasteiger partial charge in [-0.05, 0) is 26.8 Å². The van der Waals surface area contributed by atoms with Gasteiger partial charge in [0.15, 0.2) is 11.5 Å². The predicted molar refractivity (Wildman–Crippen MR) is 72.2 cm³/mol. The zero-order valence-corrected chi connectivity index (χ0v) is 11.6. The van der Waals surface area contributed by atoms with E-state index in [2.05, 4.69) is 5.32 Å². The van der Waals surface area contributed by atoms with E-state index in [1.165, 1.54) is 0 Å². The Balaban J connectivity index is 2.72. The summed E-state index contributed by atoms with van der Waals surface area (Å²) >= 11 is 0. The lowest BCUT2D eigenvalue weighted by Gasteiger charge is -2.19. The molecule has 0 aliphatic carbocycles. The maximum atomic E-state index is 9.64. The van der Waals surface area contributed by atoms with Gasteiger partial charge in [-0.3, -0.25) is 0 Å². The van der Waals surface area contributed by atoms with E-state index in [9.17, 15) is 5.11 Å². The molecule has 0 saturated carbocycles. The standard InChI is InChI=1S/C14H23NO3/c1-5-18-12-8-6-7-11(13(12)17-4)9-15-10-14(2,3)16/h6-8,15-16H,5,9-10H2,1-4H3. The first-order valence-corrected chi connectivity index (χ1v) is 6.19. The molecule has 0 aromatic heterocycles. The Morgan fingerprint density at radius 1 is 1.33 bits per heavy atom. The summed E-state index contributed by atoms with van der Waals surface area (Å²) in [7, 11) is 1.64. The van der Waals surface area contributed by atoms with E-state index in [1.54, 1.807) is 21.0 Å². The van der Waals surface area contributed by atoms with Gasteiger partial charge in [-0.2, -0.15) is 0 Å². The smallest absolute Gasteiger partial charge is 0.165 e. The molecule has 1 aromatic rings. The van der Waals surface area contributed by atoms with Crippen LogP contribution in [0.15, 0.2) is 18.2 Å². The minimum Gasteiger partial charge on any atom is -0.493 e. The average molecular weight is 253 g/mol. The third-order valence-electron chi connectivity index (χ3n) is 2.44. The average Bonchev–Trinajstić information content (AvgIpc) is 2.28. The second kappa shape index (κ2) is 6.61. The Hall–Kier alpha value is -1.26. The highest BCUT2D eigenvalue weighted by Gasteiger charge is 2.13. The van der Waals surface area contributed by atoms with E-state index >= 15 is 0 Å². The number of rotatable bonds is 7. The number of aliphatic hydroxyl groups is 1. The first kappa shape index (κ1) is 14.8. The molecule has 0 aliphatic rings. The van der Waals surface area contributed by atoms with Crippen LogP contribution in [0.4, 0.5) is 0 Å². The van der Waals surface area contributed by atoms with Crippen molar-refractivity contribution < 1.29 is 14.6 Å². The summed E-state index contributed by atoms with van der Waals surface area (Å²) in [4.78, 5) is 0. The molecule has 0 aliphatic heterocycles. The van der Waals surface area contributed by atoms with Crippen molar-refractivity contribution in [1.29, 1.82) is 0 Å². The van der Waals surface area contributed by atoms with Crippen molar-refractivity contribution in [3.05, 3.63) is 23.8 Å². The van der Waals surface area contributed by atoms with Gasteiger partial charge in [0.25, 0.3) is 0 Å². The van der Waals surface area contributed by atoms with Crippen LogP contribution in [-0.4, -0.2) is 31.0 Å². The first-order chi connectivity index (χ1) is 8.48. The van der Waals surface area contributed by atoms with Crippen molar-refractivity contribution in [3.63, 3.8) is 0 Å². The maximum absolute atomic E-state index is 9.64. The van der Waals surface area contributed by atoms with Gasteiger partial charge in [0.1, 0.15) is 0 Å². The van der Waals surface area contributed by atoms with Crippen molar-refractivity contribution in [2.45, 2.75) is 32.9 Å². The summed E-state index contributed by atoms with van der Waals surface area (Å²) in [5.74, 6) is 1.50. The van der Waals surface area contributed by atoms with Crippen LogP contribution in [0.1, 0.15) is 26.3 Å². The molecule has 0 heterocycles.